The Labute approximate surface area is 50.7 Å². The third-order valence-electron chi connectivity index (χ3n) is 0.916. The molecule has 0 bridgehead atoms. The zero-order chi connectivity index (χ0) is 6.85. The molecule has 0 atom stereocenters. The SMILES string of the molecule is NC(=O)c1ccc(F)[nH]1. The number of primary amides is 1. The van der Waals surface area contributed by atoms with Gasteiger partial charge in [0, 0.05) is 0 Å². The number of hydrogen-bond acceptors (Lipinski definition) is 1. The highest BCUT2D eigenvalue weighted by molar-refractivity contribution is 5.90. The van der Waals surface area contributed by atoms with Gasteiger partial charge in [-0.15, -0.1) is 0 Å². The van der Waals surface area contributed by atoms with Crippen LogP contribution in [0.1, 0.15) is 10.5 Å². The Hall–Kier alpha value is -1.32. The first-order valence-corrected chi connectivity index (χ1v) is 2.34. The molecule has 1 aromatic heterocycles. The summed E-state index contributed by atoms with van der Waals surface area (Å²) in [7, 11) is 0. The molecule has 9 heavy (non-hydrogen) atoms. The van der Waals surface area contributed by atoms with Crippen LogP contribution in [0.25, 0.3) is 0 Å². The molecule has 1 amide bonds. The largest absolute Gasteiger partial charge is 0.364 e. The fourth-order valence-electron chi connectivity index (χ4n) is 0.512. The highest BCUT2D eigenvalue weighted by Crippen LogP contribution is 1.97. The van der Waals surface area contributed by atoms with Gasteiger partial charge < -0.3 is 10.7 Å². The molecule has 0 aliphatic rings. The van der Waals surface area contributed by atoms with Crippen molar-refractivity contribution in [3.8, 4) is 0 Å². The van der Waals surface area contributed by atoms with Crippen molar-refractivity contribution >= 4 is 5.91 Å². The normalized spacial score (nSPS) is 9.44. The molecule has 3 N–H and O–H groups in total. The van der Waals surface area contributed by atoms with Crippen molar-refractivity contribution in [3.05, 3.63) is 23.8 Å². The van der Waals surface area contributed by atoms with Crippen molar-refractivity contribution in [1.29, 1.82) is 0 Å². The average molecular weight is 128 g/mol. The van der Waals surface area contributed by atoms with E-state index in [9.17, 15) is 9.18 Å². The minimum absolute atomic E-state index is 0.0903. The first-order chi connectivity index (χ1) is 4.20. The lowest BCUT2D eigenvalue weighted by atomic mass is 10.4. The number of nitrogens with one attached hydrogen (secondary N) is 1. The number of H-pyrrole nitrogens is 1. The lowest BCUT2D eigenvalue weighted by molar-refractivity contribution is 0.0995. The van der Waals surface area contributed by atoms with Gasteiger partial charge in [-0.1, -0.05) is 0 Å². The van der Waals surface area contributed by atoms with E-state index in [0.29, 0.717) is 0 Å². The Balaban J connectivity index is 2.98. The summed E-state index contributed by atoms with van der Waals surface area (Å²) in [6.45, 7) is 0. The van der Waals surface area contributed by atoms with Gasteiger partial charge in [-0.05, 0) is 12.1 Å². The predicted octanol–water partition coefficient (Wildman–Crippen LogP) is 0.253. The Kier molecular flexibility index (Phi) is 1.22. The van der Waals surface area contributed by atoms with E-state index < -0.39 is 11.9 Å². The summed E-state index contributed by atoms with van der Waals surface area (Å²) in [5, 5.41) is 0. The van der Waals surface area contributed by atoms with E-state index in [1.54, 1.807) is 0 Å². The van der Waals surface area contributed by atoms with Gasteiger partial charge in [-0.25, -0.2) is 0 Å². The first-order valence-electron chi connectivity index (χ1n) is 2.34. The van der Waals surface area contributed by atoms with Gasteiger partial charge >= 0.3 is 0 Å². The van der Waals surface area contributed by atoms with Crippen molar-refractivity contribution in [2.75, 3.05) is 0 Å². The van der Waals surface area contributed by atoms with Gasteiger partial charge in [0.1, 0.15) is 5.69 Å². The van der Waals surface area contributed by atoms with Crippen LogP contribution in [-0.2, 0) is 0 Å². The van der Waals surface area contributed by atoms with Crippen LogP contribution in [0.5, 0.6) is 0 Å². The number of amides is 1. The summed E-state index contributed by atoms with van der Waals surface area (Å²) in [4.78, 5) is 12.4. The number of aromatic nitrogens is 1. The lowest BCUT2D eigenvalue weighted by Gasteiger charge is -1.83. The Morgan fingerprint density at radius 3 is 2.56 bits per heavy atom. The summed E-state index contributed by atoms with van der Waals surface area (Å²) >= 11 is 0. The number of carbonyl (C=O) groups excluding carboxylic acids is 1. The number of carbonyl (C=O) groups is 1. The second kappa shape index (κ2) is 1.89. The minimum Gasteiger partial charge on any atom is -0.364 e. The van der Waals surface area contributed by atoms with E-state index in [1.165, 1.54) is 6.07 Å². The molecule has 0 saturated heterocycles. The van der Waals surface area contributed by atoms with Crippen LogP contribution in [0, 0.1) is 5.95 Å². The second-order valence-electron chi connectivity index (χ2n) is 1.58. The molecular weight excluding hydrogens is 123 g/mol. The Morgan fingerprint density at radius 2 is 2.33 bits per heavy atom. The molecule has 3 nitrogen and oxygen atoms in total. The third-order valence-corrected chi connectivity index (χ3v) is 0.916. The second-order valence-corrected chi connectivity index (χ2v) is 1.58. The quantitative estimate of drug-likeness (QED) is 0.559. The van der Waals surface area contributed by atoms with E-state index in [0.717, 1.165) is 6.07 Å². The van der Waals surface area contributed by atoms with Crippen molar-refractivity contribution in [1.82, 2.24) is 4.98 Å². The molecule has 0 radical (unpaired) electrons. The van der Waals surface area contributed by atoms with Crippen molar-refractivity contribution in [2.24, 2.45) is 5.73 Å². The monoisotopic (exact) mass is 128 g/mol. The smallest absolute Gasteiger partial charge is 0.265 e. The average Bonchev–Trinajstić information content (AvgIpc) is 2.14. The summed E-state index contributed by atoms with van der Waals surface area (Å²) in [5.74, 6) is -1.21. The number of aromatic amines is 1. The summed E-state index contributed by atoms with van der Waals surface area (Å²) < 4.78 is 12.0. The maximum Gasteiger partial charge on any atom is 0.265 e. The summed E-state index contributed by atoms with van der Waals surface area (Å²) in [6, 6.07) is 2.43. The van der Waals surface area contributed by atoms with Crippen molar-refractivity contribution < 1.29 is 9.18 Å². The topological polar surface area (TPSA) is 58.9 Å². The summed E-state index contributed by atoms with van der Waals surface area (Å²) in [6.07, 6.45) is 0. The van der Waals surface area contributed by atoms with Crippen LogP contribution in [0.15, 0.2) is 12.1 Å². The predicted molar refractivity (Wildman–Crippen MR) is 29.3 cm³/mol. The molecule has 0 spiro atoms. The molecular formula is C5H5FN2O. The van der Waals surface area contributed by atoms with E-state index in [2.05, 4.69) is 4.98 Å². The molecule has 48 valence electrons. The van der Waals surface area contributed by atoms with Crippen LogP contribution in [0.4, 0.5) is 4.39 Å². The maximum atomic E-state index is 12.0. The highest BCUT2D eigenvalue weighted by Gasteiger charge is 2.00. The number of rotatable bonds is 1. The van der Waals surface area contributed by atoms with Crippen LogP contribution < -0.4 is 5.73 Å². The van der Waals surface area contributed by atoms with E-state index in [4.69, 9.17) is 5.73 Å². The molecule has 0 fully saturated rings. The summed E-state index contributed by atoms with van der Waals surface area (Å²) in [5.41, 5.74) is 4.88. The van der Waals surface area contributed by atoms with Gasteiger partial charge in [-0.2, -0.15) is 4.39 Å². The van der Waals surface area contributed by atoms with Gasteiger partial charge in [-0.3, -0.25) is 4.79 Å². The molecule has 0 aliphatic heterocycles. The number of halogens is 1. The standard InChI is InChI=1S/C5H5FN2O/c6-4-2-1-3(8-4)5(7)9/h1-2,8H,(H2,7,9). The van der Waals surface area contributed by atoms with Gasteiger partial charge in [0.05, 0.1) is 0 Å². The molecule has 0 saturated carbocycles. The first kappa shape index (κ1) is 5.81. The molecule has 0 unspecified atom stereocenters. The van der Waals surface area contributed by atoms with Crippen LogP contribution >= 0.6 is 0 Å². The lowest BCUT2D eigenvalue weighted by Crippen LogP contribution is -2.11. The molecule has 1 heterocycles. The highest BCUT2D eigenvalue weighted by atomic mass is 19.1. The zero-order valence-electron chi connectivity index (χ0n) is 4.52. The molecule has 0 aromatic carbocycles. The Bertz CT molecular complexity index is 231. The van der Waals surface area contributed by atoms with Crippen molar-refractivity contribution in [2.45, 2.75) is 0 Å². The number of nitrogens with two attached hydrogens (primary N) is 1. The molecule has 0 aliphatic carbocycles. The maximum absolute atomic E-state index is 12.0. The fraction of sp³-hybridized carbons (Fsp3) is 0. The Morgan fingerprint density at radius 1 is 1.67 bits per heavy atom. The molecule has 1 aromatic rings. The third kappa shape index (κ3) is 1.07. The molecule has 1 rings (SSSR count). The van der Waals surface area contributed by atoms with Gasteiger partial charge in [0.15, 0.2) is 5.95 Å². The number of hydrogen-bond donors (Lipinski definition) is 2. The fourth-order valence-corrected chi connectivity index (χ4v) is 0.512. The minimum atomic E-state index is -0.654. The van der Waals surface area contributed by atoms with Crippen molar-refractivity contribution in [3.63, 3.8) is 0 Å². The van der Waals surface area contributed by atoms with Crippen LogP contribution in [-0.4, -0.2) is 10.9 Å². The van der Waals surface area contributed by atoms with Gasteiger partial charge in [0.2, 0.25) is 0 Å². The zero-order valence-corrected chi connectivity index (χ0v) is 4.52. The van der Waals surface area contributed by atoms with Crippen LogP contribution in [0.2, 0.25) is 0 Å². The molecule has 4 heteroatoms. The van der Waals surface area contributed by atoms with Crippen LogP contribution in [0.3, 0.4) is 0 Å². The van der Waals surface area contributed by atoms with Gasteiger partial charge in [0.25, 0.3) is 5.91 Å². The van der Waals surface area contributed by atoms with E-state index in [1.807, 2.05) is 0 Å². The van der Waals surface area contributed by atoms with E-state index >= 15 is 0 Å². The van der Waals surface area contributed by atoms with E-state index in [-0.39, 0.29) is 5.69 Å².